The summed E-state index contributed by atoms with van der Waals surface area (Å²) in [5.74, 6) is 0. The van der Waals surface area contributed by atoms with Gasteiger partial charge in [-0.3, -0.25) is 19.2 Å². The van der Waals surface area contributed by atoms with E-state index in [9.17, 15) is 17.6 Å². The number of allylic oxidation sites excluding steroid dienone is 1. The van der Waals surface area contributed by atoms with Crippen LogP contribution in [0.2, 0.25) is 0 Å². The van der Waals surface area contributed by atoms with Gasteiger partial charge in [-0.1, -0.05) is 30.4 Å². The van der Waals surface area contributed by atoms with Crippen LogP contribution in [0.3, 0.4) is 0 Å². The molecule has 184 valence electrons. The van der Waals surface area contributed by atoms with Crippen LogP contribution in [0.25, 0.3) is 5.57 Å². The van der Waals surface area contributed by atoms with Crippen LogP contribution in [0.15, 0.2) is 43.1 Å². The minimum Gasteiger partial charge on any atom is -0.378 e. The zero-order chi connectivity index (χ0) is 24.5. The van der Waals surface area contributed by atoms with Crippen LogP contribution in [0.1, 0.15) is 48.7 Å². The third-order valence-corrected chi connectivity index (χ3v) is 6.71. The molecule has 1 aromatic heterocycles. The van der Waals surface area contributed by atoms with Gasteiger partial charge in [-0.2, -0.15) is 13.2 Å². The number of aromatic nitrogens is 1. The molecule has 0 saturated carbocycles. The maximum Gasteiger partial charge on any atom is 0.401 e. The van der Waals surface area contributed by atoms with E-state index >= 15 is 0 Å². The van der Waals surface area contributed by atoms with E-state index in [1.54, 1.807) is 6.20 Å². The fraction of sp³-hybridized carbons (Fsp3) is 0.500. The van der Waals surface area contributed by atoms with Crippen LogP contribution in [-0.2, 0) is 6.42 Å². The number of benzene rings is 1. The minimum atomic E-state index is -4.30. The Morgan fingerprint density at radius 1 is 1.21 bits per heavy atom. The molecule has 4 nitrogen and oxygen atoms in total. The first-order valence-corrected chi connectivity index (χ1v) is 11.8. The molecule has 2 aliphatic heterocycles. The fourth-order valence-electron chi connectivity index (χ4n) is 4.98. The maximum absolute atomic E-state index is 13.5. The standard InChI is InChI=1S/C26H32F4N4/c1-17(2)19-5-7-23-20(12-19)11-18(3)34(16-26(28,29)30)25(23)24-8-6-21(13-31-24)32-22-14-33(15-22)10-4-9-27/h5-8,12-13,18,22,25,32H,1,4,9-11,14-16H2,2-3H3/t18-,25?/m1/s1. The van der Waals surface area contributed by atoms with Crippen molar-refractivity contribution in [3.8, 4) is 0 Å². The molecule has 8 heteroatoms. The number of nitrogens with zero attached hydrogens (tertiary/aromatic N) is 3. The van der Waals surface area contributed by atoms with Gasteiger partial charge in [0.25, 0.3) is 0 Å². The second-order valence-electron chi connectivity index (χ2n) is 9.55. The number of alkyl halides is 4. The molecule has 2 atom stereocenters. The second-order valence-corrected chi connectivity index (χ2v) is 9.55. The zero-order valence-electron chi connectivity index (χ0n) is 19.7. The molecular formula is C26H32F4N4. The van der Waals surface area contributed by atoms with Gasteiger partial charge in [0.2, 0.25) is 0 Å². The lowest BCUT2D eigenvalue weighted by Gasteiger charge is -2.42. The van der Waals surface area contributed by atoms with Crippen molar-refractivity contribution in [2.45, 2.75) is 51.0 Å². The third-order valence-electron chi connectivity index (χ3n) is 6.71. The molecule has 34 heavy (non-hydrogen) atoms. The maximum atomic E-state index is 13.5. The van der Waals surface area contributed by atoms with Gasteiger partial charge >= 0.3 is 6.18 Å². The number of rotatable bonds is 8. The number of halogens is 4. The second kappa shape index (κ2) is 10.0. The molecule has 0 radical (unpaired) electrons. The molecule has 1 fully saturated rings. The Morgan fingerprint density at radius 2 is 1.97 bits per heavy atom. The van der Waals surface area contributed by atoms with Gasteiger partial charge in [0, 0.05) is 25.7 Å². The Hall–Kier alpha value is -2.45. The summed E-state index contributed by atoms with van der Waals surface area (Å²) in [7, 11) is 0. The van der Waals surface area contributed by atoms with Crippen molar-refractivity contribution < 1.29 is 17.6 Å². The summed E-state index contributed by atoms with van der Waals surface area (Å²) in [5.41, 5.74) is 5.28. The average molecular weight is 477 g/mol. The predicted molar refractivity (Wildman–Crippen MR) is 128 cm³/mol. The van der Waals surface area contributed by atoms with Crippen molar-refractivity contribution in [1.29, 1.82) is 0 Å². The van der Waals surface area contributed by atoms with E-state index in [0.29, 0.717) is 18.5 Å². The van der Waals surface area contributed by atoms with Crippen molar-refractivity contribution in [2.24, 2.45) is 0 Å². The van der Waals surface area contributed by atoms with Crippen molar-refractivity contribution >= 4 is 11.3 Å². The molecule has 1 saturated heterocycles. The molecule has 2 aromatic rings. The number of likely N-dealkylation sites (tertiary alicyclic amines) is 1. The average Bonchev–Trinajstić information content (AvgIpc) is 2.75. The molecule has 1 unspecified atom stereocenters. The summed E-state index contributed by atoms with van der Waals surface area (Å²) in [5, 5.41) is 3.41. The number of pyridine rings is 1. The molecule has 1 aromatic carbocycles. The highest BCUT2D eigenvalue weighted by Crippen LogP contribution is 2.40. The predicted octanol–water partition coefficient (Wildman–Crippen LogP) is 5.47. The number of anilines is 1. The molecule has 4 rings (SSSR count). The van der Waals surface area contributed by atoms with Gasteiger partial charge in [0.05, 0.1) is 42.9 Å². The van der Waals surface area contributed by atoms with E-state index in [-0.39, 0.29) is 18.8 Å². The normalized spacial score (nSPS) is 21.7. The molecule has 3 heterocycles. The molecule has 0 spiro atoms. The van der Waals surface area contributed by atoms with Gasteiger partial charge < -0.3 is 5.32 Å². The Labute approximate surface area is 198 Å². The fourth-order valence-corrected chi connectivity index (χ4v) is 4.98. The summed E-state index contributed by atoms with van der Waals surface area (Å²) >= 11 is 0. The zero-order valence-corrected chi connectivity index (χ0v) is 19.7. The number of fused-ring (bicyclic) bond motifs is 1. The summed E-state index contributed by atoms with van der Waals surface area (Å²) in [4.78, 5) is 8.30. The summed E-state index contributed by atoms with van der Waals surface area (Å²) < 4.78 is 52.8. The number of hydrogen-bond donors (Lipinski definition) is 1. The van der Waals surface area contributed by atoms with Crippen LogP contribution >= 0.6 is 0 Å². The van der Waals surface area contributed by atoms with Gasteiger partial charge in [-0.25, -0.2) is 0 Å². The lowest BCUT2D eigenvalue weighted by atomic mass is 9.85. The van der Waals surface area contributed by atoms with Crippen molar-refractivity contribution in [2.75, 3.05) is 38.2 Å². The highest BCUT2D eigenvalue weighted by molar-refractivity contribution is 5.63. The van der Waals surface area contributed by atoms with Crippen LogP contribution < -0.4 is 5.32 Å². The first-order chi connectivity index (χ1) is 16.1. The first kappa shape index (κ1) is 24.7. The lowest BCUT2D eigenvalue weighted by Crippen LogP contribution is -2.54. The smallest absolute Gasteiger partial charge is 0.378 e. The van der Waals surface area contributed by atoms with E-state index in [1.807, 2.05) is 44.2 Å². The molecule has 0 aliphatic carbocycles. The Morgan fingerprint density at radius 3 is 2.59 bits per heavy atom. The van der Waals surface area contributed by atoms with E-state index < -0.39 is 18.8 Å². The molecule has 2 aliphatic rings. The molecular weight excluding hydrogens is 444 g/mol. The largest absolute Gasteiger partial charge is 0.401 e. The monoisotopic (exact) mass is 476 g/mol. The highest BCUT2D eigenvalue weighted by atomic mass is 19.4. The van der Waals surface area contributed by atoms with E-state index in [0.717, 1.165) is 47.6 Å². The summed E-state index contributed by atoms with van der Waals surface area (Å²) in [6.45, 7) is 8.93. The number of hydrogen-bond acceptors (Lipinski definition) is 4. The van der Waals surface area contributed by atoms with Gasteiger partial charge in [-0.05, 0) is 55.5 Å². The molecule has 0 bridgehead atoms. The topological polar surface area (TPSA) is 31.4 Å². The quantitative estimate of drug-likeness (QED) is 0.512. The Kier molecular flexibility index (Phi) is 7.28. The molecule has 0 amide bonds. The highest BCUT2D eigenvalue weighted by Gasteiger charge is 2.41. The van der Waals surface area contributed by atoms with Gasteiger partial charge in [-0.15, -0.1) is 0 Å². The van der Waals surface area contributed by atoms with Crippen molar-refractivity contribution in [3.05, 3.63) is 65.5 Å². The Bertz CT molecular complexity index is 999. The van der Waals surface area contributed by atoms with Crippen LogP contribution in [-0.4, -0.2) is 65.9 Å². The van der Waals surface area contributed by atoms with Gasteiger partial charge in [0.15, 0.2) is 0 Å². The SMILES string of the molecule is C=C(C)c1ccc2c(c1)C[C@@H](C)N(CC(F)(F)F)C2c1ccc(NC2CN(CCCF)C2)cn1. The van der Waals surface area contributed by atoms with Crippen molar-refractivity contribution in [1.82, 2.24) is 14.8 Å². The van der Waals surface area contributed by atoms with Crippen LogP contribution in [0.5, 0.6) is 0 Å². The summed E-state index contributed by atoms with van der Waals surface area (Å²) in [6, 6.07) is 9.02. The van der Waals surface area contributed by atoms with Crippen LogP contribution in [0.4, 0.5) is 23.2 Å². The number of nitrogens with one attached hydrogen (secondary N) is 1. The summed E-state index contributed by atoms with van der Waals surface area (Å²) in [6.07, 6.45) is -1.51. The lowest BCUT2D eigenvalue weighted by molar-refractivity contribution is -0.155. The van der Waals surface area contributed by atoms with E-state index in [1.165, 1.54) is 4.90 Å². The molecule has 1 N–H and O–H groups in total. The van der Waals surface area contributed by atoms with E-state index in [2.05, 4.69) is 21.8 Å². The van der Waals surface area contributed by atoms with Crippen molar-refractivity contribution in [3.63, 3.8) is 0 Å². The van der Waals surface area contributed by atoms with E-state index in [4.69, 9.17) is 0 Å². The Balaban J connectivity index is 1.56. The third kappa shape index (κ3) is 5.61. The van der Waals surface area contributed by atoms with Gasteiger partial charge in [0.1, 0.15) is 0 Å². The van der Waals surface area contributed by atoms with Crippen LogP contribution in [0, 0.1) is 0 Å². The first-order valence-electron chi connectivity index (χ1n) is 11.8. The minimum absolute atomic E-state index is 0.269.